The molecule has 0 spiro atoms. The number of carbonyl (C=O) groups is 2. The van der Waals surface area contributed by atoms with Crippen LogP contribution in [0.15, 0.2) is 0 Å². The molecule has 2 rings (SSSR count). The lowest BCUT2D eigenvalue weighted by Gasteiger charge is -2.31. The predicted octanol–water partition coefficient (Wildman–Crippen LogP) is 1.49. The maximum absolute atomic E-state index is 12.1. The van der Waals surface area contributed by atoms with E-state index in [2.05, 4.69) is 4.98 Å². The smallest absolute Gasteiger partial charge is 0.358 e. The van der Waals surface area contributed by atoms with Gasteiger partial charge in [-0.1, -0.05) is 0 Å². The number of hydrogen-bond acceptors (Lipinski definition) is 7. The molecule has 2 heterocycles. The molecule has 110 valence electrons. The Labute approximate surface area is 121 Å². The second-order valence-corrected chi connectivity index (χ2v) is 5.92. The number of thiazole rings is 1. The van der Waals surface area contributed by atoms with Crippen LogP contribution in [0.1, 0.15) is 27.3 Å². The van der Waals surface area contributed by atoms with Crippen molar-refractivity contribution in [3.05, 3.63) is 15.6 Å². The van der Waals surface area contributed by atoms with Crippen LogP contribution in [-0.2, 0) is 19.0 Å². The van der Waals surface area contributed by atoms with Gasteiger partial charge in [0.25, 0.3) is 0 Å². The van der Waals surface area contributed by atoms with Gasteiger partial charge in [-0.05, 0) is 20.8 Å². The van der Waals surface area contributed by atoms with Crippen molar-refractivity contribution in [2.24, 2.45) is 5.92 Å². The lowest BCUT2D eigenvalue weighted by atomic mass is 10.0. The van der Waals surface area contributed by atoms with E-state index in [4.69, 9.17) is 14.2 Å². The Kier molecular flexibility index (Phi) is 4.72. The maximum Gasteiger partial charge on any atom is 0.358 e. The number of rotatable bonds is 5. The summed E-state index contributed by atoms with van der Waals surface area (Å²) >= 11 is 1.42. The summed E-state index contributed by atoms with van der Waals surface area (Å²) in [4.78, 5) is 28.9. The fraction of sp³-hybridized carbons (Fsp3) is 0.615. The quantitative estimate of drug-likeness (QED) is 0.767. The van der Waals surface area contributed by atoms with Crippen molar-refractivity contribution in [1.82, 2.24) is 4.98 Å². The van der Waals surface area contributed by atoms with E-state index in [9.17, 15) is 9.59 Å². The summed E-state index contributed by atoms with van der Waals surface area (Å²) < 4.78 is 15.3. The molecule has 0 N–H and O–H groups in total. The van der Waals surface area contributed by atoms with Gasteiger partial charge in [0.05, 0.1) is 30.7 Å². The molecule has 7 heteroatoms. The van der Waals surface area contributed by atoms with Gasteiger partial charge >= 0.3 is 11.9 Å². The molecule has 0 aliphatic carbocycles. The Morgan fingerprint density at radius 3 is 2.60 bits per heavy atom. The van der Waals surface area contributed by atoms with Crippen LogP contribution in [0.4, 0.5) is 0 Å². The van der Waals surface area contributed by atoms with Crippen LogP contribution in [0.3, 0.4) is 0 Å². The van der Waals surface area contributed by atoms with Gasteiger partial charge in [0, 0.05) is 4.88 Å². The van der Waals surface area contributed by atoms with E-state index in [1.54, 1.807) is 13.8 Å². The zero-order valence-corrected chi connectivity index (χ0v) is 12.5. The van der Waals surface area contributed by atoms with Crippen LogP contribution >= 0.6 is 11.3 Å². The first-order valence-corrected chi connectivity index (χ1v) is 7.24. The Hall–Kier alpha value is -1.47. The van der Waals surface area contributed by atoms with E-state index in [0.29, 0.717) is 13.2 Å². The van der Waals surface area contributed by atoms with Crippen LogP contribution < -0.4 is 0 Å². The van der Waals surface area contributed by atoms with Gasteiger partial charge < -0.3 is 14.2 Å². The van der Waals surface area contributed by atoms with Crippen LogP contribution in [0, 0.1) is 19.8 Å². The van der Waals surface area contributed by atoms with Gasteiger partial charge in [-0.15, -0.1) is 11.3 Å². The van der Waals surface area contributed by atoms with Crippen LogP contribution in [0.25, 0.3) is 0 Å². The fourth-order valence-corrected chi connectivity index (χ4v) is 2.68. The normalized spacial score (nSPS) is 16.4. The Morgan fingerprint density at radius 2 is 2.15 bits per heavy atom. The minimum Gasteiger partial charge on any atom is -0.463 e. The molecule has 1 aliphatic rings. The lowest BCUT2D eigenvalue weighted by molar-refractivity contribution is -0.168. The number of ether oxygens (including phenoxy) is 3. The molecule has 6 nitrogen and oxygen atoms in total. The van der Waals surface area contributed by atoms with Crippen molar-refractivity contribution in [3.8, 4) is 0 Å². The Balaban J connectivity index is 2.08. The molecular weight excluding hydrogens is 282 g/mol. The highest BCUT2D eigenvalue weighted by atomic mass is 32.1. The molecule has 20 heavy (non-hydrogen) atoms. The molecular formula is C13H17NO5S. The maximum atomic E-state index is 12.1. The van der Waals surface area contributed by atoms with Gasteiger partial charge in [0.15, 0.2) is 5.69 Å². The number of hydrogen-bond donors (Lipinski definition) is 0. The van der Waals surface area contributed by atoms with Crippen molar-refractivity contribution in [2.45, 2.75) is 26.9 Å². The number of aromatic nitrogens is 1. The standard InChI is InChI=1S/C13H17NO5S/c1-4-18-13(16)11(9-5-17-6-9)19-12(15)10-7(2)20-8(3)14-10/h9,11H,4-6H2,1-3H3. The summed E-state index contributed by atoms with van der Waals surface area (Å²) in [5, 5.41) is 0.786. The zero-order chi connectivity index (χ0) is 14.7. The Bertz CT molecular complexity index is 509. The predicted molar refractivity (Wildman–Crippen MR) is 71.7 cm³/mol. The molecule has 1 fully saturated rings. The minimum atomic E-state index is -0.919. The first kappa shape index (κ1) is 14.9. The number of esters is 2. The Morgan fingerprint density at radius 1 is 1.45 bits per heavy atom. The summed E-state index contributed by atoms with van der Waals surface area (Å²) in [5.74, 6) is -1.26. The summed E-state index contributed by atoms with van der Waals surface area (Å²) in [5.41, 5.74) is 0.266. The lowest BCUT2D eigenvalue weighted by Crippen LogP contribution is -2.45. The first-order valence-electron chi connectivity index (χ1n) is 6.42. The van der Waals surface area contributed by atoms with E-state index >= 15 is 0 Å². The van der Waals surface area contributed by atoms with E-state index in [-0.39, 0.29) is 18.2 Å². The highest BCUT2D eigenvalue weighted by Gasteiger charge is 2.38. The monoisotopic (exact) mass is 299 g/mol. The molecule has 0 radical (unpaired) electrons. The average Bonchev–Trinajstić information content (AvgIpc) is 2.65. The van der Waals surface area contributed by atoms with Crippen molar-refractivity contribution >= 4 is 23.3 Å². The van der Waals surface area contributed by atoms with Crippen molar-refractivity contribution < 1.29 is 23.8 Å². The molecule has 0 amide bonds. The van der Waals surface area contributed by atoms with Crippen molar-refractivity contribution in [3.63, 3.8) is 0 Å². The third-order valence-electron chi connectivity index (χ3n) is 2.94. The van der Waals surface area contributed by atoms with E-state index in [0.717, 1.165) is 9.88 Å². The molecule has 1 aromatic heterocycles. The number of aryl methyl sites for hydroxylation is 2. The van der Waals surface area contributed by atoms with Crippen LogP contribution in [0.5, 0.6) is 0 Å². The molecule has 0 bridgehead atoms. The SMILES string of the molecule is CCOC(=O)C(OC(=O)c1nc(C)sc1C)C1COC1. The number of carbonyl (C=O) groups excluding carboxylic acids is 2. The van der Waals surface area contributed by atoms with Gasteiger partial charge in [-0.3, -0.25) is 0 Å². The van der Waals surface area contributed by atoms with Gasteiger partial charge in [-0.25, -0.2) is 14.6 Å². The highest BCUT2D eigenvalue weighted by Crippen LogP contribution is 2.22. The summed E-state index contributed by atoms with van der Waals surface area (Å²) in [6.07, 6.45) is -0.919. The molecule has 1 saturated heterocycles. The second-order valence-electron chi connectivity index (χ2n) is 4.51. The minimum absolute atomic E-state index is 0.141. The highest BCUT2D eigenvalue weighted by molar-refractivity contribution is 7.11. The molecule has 1 aliphatic heterocycles. The fourth-order valence-electron chi connectivity index (χ4n) is 1.88. The molecule has 0 saturated carbocycles. The van der Waals surface area contributed by atoms with Gasteiger partial charge in [-0.2, -0.15) is 0 Å². The zero-order valence-electron chi connectivity index (χ0n) is 11.7. The second kappa shape index (κ2) is 6.32. The largest absolute Gasteiger partial charge is 0.463 e. The summed E-state index contributed by atoms with van der Waals surface area (Å²) in [6, 6.07) is 0. The topological polar surface area (TPSA) is 74.7 Å². The van der Waals surface area contributed by atoms with Gasteiger partial charge in [0.2, 0.25) is 6.10 Å². The molecule has 1 unspecified atom stereocenters. The van der Waals surface area contributed by atoms with Gasteiger partial charge in [0.1, 0.15) is 0 Å². The van der Waals surface area contributed by atoms with Crippen molar-refractivity contribution in [1.29, 1.82) is 0 Å². The molecule has 1 aromatic rings. The average molecular weight is 299 g/mol. The third-order valence-corrected chi connectivity index (χ3v) is 3.83. The first-order chi connectivity index (χ1) is 9.52. The van der Waals surface area contributed by atoms with E-state index in [1.807, 2.05) is 6.92 Å². The van der Waals surface area contributed by atoms with E-state index in [1.165, 1.54) is 11.3 Å². The molecule has 0 aromatic carbocycles. The van der Waals surface area contributed by atoms with E-state index < -0.39 is 18.0 Å². The van der Waals surface area contributed by atoms with Crippen LogP contribution in [-0.4, -0.2) is 42.8 Å². The van der Waals surface area contributed by atoms with Crippen molar-refractivity contribution in [2.75, 3.05) is 19.8 Å². The van der Waals surface area contributed by atoms with Crippen LogP contribution in [0.2, 0.25) is 0 Å². The summed E-state index contributed by atoms with van der Waals surface area (Å²) in [7, 11) is 0. The third kappa shape index (κ3) is 3.16. The summed E-state index contributed by atoms with van der Waals surface area (Å²) in [6.45, 7) is 6.36. The number of nitrogens with zero attached hydrogens (tertiary/aromatic N) is 1. The molecule has 1 atom stereocenters.